The smallest absolute Gasteiger partial charge is 0.258 e. The molecule has 0 radical (unpaired) electrons. The number of hydrogen-bond donors (Lipinski definition) is 2. The molecule has 5 rings (SSSR count). The summed E-state index contributed by atoms with van der Waals surface area (Å²) in [5, 5.41) is 11.4. The Morgan fingerprint density at radius 1 is 0.939 bits per heavy atom. The lowest BCUT2D eigenvalue weighted by atomic mass is 10.0. The van der Waals surface area contributed by atoms with Gasteiger partial charge in [0.1, 0.15) is 6.04 Å². The molecule has 0 saturated carbocycles. The summed E-state index contributed by atoms with van der Waals surface area (Å²) in [4.78, 5) is 17.3. The van der Waals surface area contributed by atoms with E-state index in [0.717, 1.165) is 22.4 Å². The highest BCUT2D eigenvalue weighted by Gasteiger charge is 2.26. The van der Waals surface area contributed by atoms with Crippen molar-refractivity contribution in [1.82, 2.24) is 14.8 Å². The topological polar surface area (TPSA) is 71.8 Å². The van der Waals surface area contributed by atoms with E-state index in [1.807, 2.05) is 43.3 Å². The number of halogens is 1. The van der Waals surface area contributed by atoms with Crippen molar-refractivity contribution in [3.05, 3.63) is 112 Å². The summed E-state index contributed by atoms with van der Waals surface area (Å²) in [5.41, 5.74) is 5.77. The highest BCUT2D eigenvalue weighted by atomic mass is 35.5. The predicted octanol–water partition coefficient (Wildman–Crippen LogP) is 5.86. The lowest BCUT2D eigenvalue weighted by Crippen LogP contribution is -2.20. The van der Waals surface area contributed by atoms with Crippen molar-refractivity contribution in [3.8, 4) is 0 Å². The Hall–Kier alpha value is -3.90. The van der Waals surface area contributed by atoms with Gasteiger partial charge < -0.3 is 5.32 Å². The van der Waals surface area contributed by atoms with E-state index in [-0.39, 0.29) is 17.9 Å². The number of amides is 1. The molecule has 33 heavy (non-hydrogen) atoms. The van der Waals surface area contributed by atoms with E-state index < -0.39 is 0 Å². The summed E-state index contributed by atoms with van der Waals surface area (Å²) in [6.45, 7) is 4.04. The molecule has 3 aromatic carbocycles. The van der Waals surface area contributed by atoms with Crippen molar-refractivity contribution < 1.29 is 4.79 Å². The predicted molar refractivity (Wildman–Crippen MR) is 132 cm³/mol. The largest absolute Gasteiger partial charge is 0.324 e. The molecule has 6 nitrogen and oxygen atoms in total. The fraction of sp³-hybridized carbons (Fsp3) is 0.115. The van der Waals surface area contributed by atoms with Gasteiger partial charge in [-0.15, -0.1) is 5.10 Å². The normalized spacial score (nSPS) is 14.8. The van der Waals surface area contributed by atoms with Gasteiger partial charge in [-0.2, -0.15) is 4.98 Å². The number of anilines is 2. The molecular formula is C26H22ClN5O. The maximum absolute atomic E-state index is 12.7. The maximum atomic E-state index is 12.7. The quantitative estimate of drug-likeness (QED) is 0.404. The van der Waals surface area contributed by atoms with E-state index in [9.17, 15) is 4.79 Å². The monoisotopic (exact) mass is 455 g/mol. The Morgan fingerprint density at radius 2 is 1.58 bits per heavy atom. The lowest BCUT2D eigenvalue weighted by molar-refractivity contribution is 0.102. The van der Waals surface area contributed by atoms with Crippen LogP contribution < -0.4 is 10.6 Å². The van der Waals surface area contributed by atoms with Gasteiger partial charge in [0.2, 0.25) is 5.95 Å². The van der Waals surface area contributed by atoms with Crippen LogP contribution in [-0.4, -0.2) is 20.7 Å². The average Bonchev–Trinajstić information content (AvgIpc) is 3.22. The van der Waals surface area contributed by atoms with Crippen molar-refractivity contribution in [2.24, 2.45) is 0 Å². The third-order valence-corrected chi connectivity index (χ3v) is 5.83. The van der Waals surface area contributed by atoms with Gasteiger partial charge in [0.05, 0.1) is 0 Å². The van der Waals surface area contributed by atoms with Gasteiger partial charge in [0, 0.05) is 16.3 Å². The zero-order valence-electron chi connectivity index (χ0n) is 18.2. The van der Waals surface area contributed by atoms with Crippen LogP contribution in [-0.2, 0) is 0 Å². The van der Waals surface area contributed by atoms with Crippen LogP contribution in [0.2, 0.25) is 5.02 Å². The number of carbonyl (C=O) groups is 1. The third-order valence-electron chi connectivity index (χ3n) is 5.58. The van der Waals surface area contributed by atoms with Gasteiger partial charge in [-0.1, -0.05) is 71.3 Å². The summed E-state index contributed by atoms with van der Waals surface area (Å²) in [6.07, 6.45) is 2.10. The van der Waals surface area contributed by atoms with Crippen LogP contribution in [0.15, 0.2) is 78.9 Å². The molecule has 1 aromatic heterocycles. The molecule has 0 aliphatic carbocycles. The third kappa shape index (κ3) is 4.38. The number of carbonyl (C=O) groups excluding carboxylic acids is 1. The van der Waals surface area contributed by atoms with Crippen molar-refractivity contribution in [3.63, 3.8) is 0 Å². The number of nitrogens with one attached hydrogen (secondary N) is 2. The lowest BCUT2D eigenvalue weighted by Gasteiger charge is -2.24. The zero-order chi connectivity index (χ0) is 22.9. The van der Waals surface area contributed by atoms with E-state index in [0.29, 0.717) is 16.5 Å². The number of aromatic nitrogens is 3. The molecular weight excluding hydrogens is 434 g/mol. The summed E-state index contributed by atoms with van der Waals surface area (Å²) in [6, 6.07) is 23.1. The minimum Gasteiger partial charge on any atom is -0.324 e. The molecule has 0 spiro atoms. The van der Waals surface area contributed by atoms with Crippen molar-refractivity contribution >= 4 is 35.1 Å². The van der Waals surface area contributed by atoms with Gasteiger partial charge in [0.15, 0.2) is 0 Å². The number of allylic oxidation sites excluding steroid dienone is 1. The van der Waals surface area contributed by atoms with Crippen LogP contribution in [0, 0.1) is 13.8 Å². The van der Waals surface area contributed by atoms with E-state index in [4.69, 9.17) is 11.6 Å². The molecule has 1 aliphatic rings. The summed E-state index contributed by atoms with van der Waals surface area (Å²) >= 11 is 6.08. The number of rotatable bonds is 4. The SMILES string of the molecule is Cc1ccc(C(=O)Nc2nc3n(n2)[C@@H](c2ccc(C)cc2)C=C(c2ccc(Cl)cc2)N3)cc1. The van der Waals surface area contributed by atoms with Crippen LogP contribution in [0.5, 0.6) is 0 Å². The summed E-state index contributed by atoms with van der Waals surface area (Å²) in [5.74, 6) is 0.536. The van der Waals surface area contributed by atoms with E-state index in [1.165, 1.54) is 5.56 Å². The fourth-order valence-corrected chi connectivity index (χ4v) is 3.85. The number of fused-ring (bicyclic) bond motifs is 1. The second-order valence-electron chi connectivity index (χ2n) is 8.09. The van der Waals surface area contributed by atoms with Crippen LogP contribution in [0.25, 0.3) is 5.70 Å². The Morgan fingerprint density at radius 3 is 2.24 bits per heavy atom. The number of nitrogens with zero attached hydrogens (tertiary/aromatic N) is 3. The van der Waals surface area contributed by atoms with Crippen LogP contribution in [0.1, 0.15) is 38.7 Å². The molecule has 2 N–H and O–H groups in total. The second kappa shape index (κ2) is 8.56. The first-order chi connectivity index (χ1) is 16.0. The Bertz CT molecular complexity index is 1340. The average molecular weight is 456 g/mol. The first-order valence-electron chi connectivity index (χ1n) is 10.6. The molecule has 164 valence electrons. The van der Waals surface area contributed by atoms with E-state index in [2.05, 4.69) is 58.0 Å². The Labute approximate surface area is 196 Å². The standard InChI is InChI=1S/C26H22ClN5O/c1-16-3-7-19(8-4-16)23-15-22(18-11-13-21(27)14-12-18)28-26-30-25(31-32(23)26)29-24(33)20-9-5-17(2)6-10-20/h3-15,23H,1-2H3,(H2,28,29,30,31,33)/t23-/m1/s1. The molecule has 2 heterocycles. The Balaban J connectivity index is 1.50. The molecule has 0 bridgehead atoms. The minimum absolute atomic E-state index is 0.190. The minimum atomic E-state index is -0.254. The van der Waals surface area contributed by atoms with Crippen molar-refractivity contribution in [2.75, 3.05) is 10.6 Å². The summed E-state index contributed by atoms with van der Waals surface area (Å²) < 4.78 is 1.79. The second-order valence-corrected chi connectivity index (χ2v) is 8.53. The van der Waals surface area contributed by atoms with Gasteiger partial charge in [-0.3, -0.25) is 10.1 Å². The van der Waals surface area contributed by atoms with Gasteiger partial charge >= 0.3 is 0 Å². The zero-order valence-corrected chi connectivity index (χ0v) is 19.0. The maximum Gasteiger partial charge on any atom is 0.258 e. The van der Waals surface area contributed by atoms with Crippen molar-refractivity contribution in [2.45, 2.75) is 19.9 Å². The summed E-state index contributed by atoms with van der Waals surface area (Å²) in [7, 11) is 0. The van der Waals surface area contributed by atoms with Crippen LogP contribution in [0.4, 0.5) is 11.9 Å². The van der Waals surface area contributed by atoms with E-state index in [1.54, 1.807) is 16.8 Å². The molecule has 1 aliphatic heterocycles. The fourth-order valence-electron chi connectivity index (χ4n) is 3.72. The molecule has 0 fully saturated rings. The molecule has 4 aromatic rings. The molecule has 7 heteroatoms. The van der Waals surface area contributed by atoms with Gasteiger partial charge in [-0.25, -0.2) is 4.68 Å². The first kappa shape index (κ1) is 21.0. The molecule has 1 amide bonds. The number of aryl methyl sites for hydroxylation is 2. The van der Waals surface area contributed by atoms with Crippen LogP contribution in [0.3, 0.4) is 0 Å². The van der Waals surface area contributed by atoms with Crippen LogP contribution >= 0.6 is 11.6 Å². The van der Waals surface area contributed by atoms with E-state index >= 15 is 0 Å². The highest BCUT2D eigenvalue weighted by molar-refractivity contribution is 6.30. The molecule has 0 saturated heterocycles. The van der Waals surface area contributed by atoms with Crippen molar-refractivity contribution in [1.29, 1.82) is 0 Å². The molecule has 0 unspecified atom stereocenters. The highest BCUT2D eigenvalue weighted by Crippen LogP contribution is 2.33. The van der Waals surface area contributed by atoms with Gasteiger partial charge in [-0.05, 0) is 55.3 Å². The van der Waals surface area contributed by atoms with Gasteiger partial charge in [0.25, 0.3) is 11.9 Å². The Kier molecular flexibility index (Phi) is 5.44. The number of benzene rings is 3. The number of hydrogen-bond acceptors (Lipinski definition) is 4. The first-order valence-corrected chi connectivity index (χ1v) is 11.0. The molecule has 1 atom stereocenters.